The second-order valence-corrected chi connectivity index (χ2v) is 5.06. The number of hydrogen-bond donors (Lipinski definition) is 1. The Bertz CT molecular complexity index is 792. The first-order valence-corrected chi connectivity index (χ1v) is 6.57. The van der Waals surface area contributed by atoms with Gasteiger partial charge in [0.2, 0.25) is 0 Å². The normalized spacial score (nSPS) is 11.4. The highest BCUT2D eigenvalue weighted by molar-refractivity contribution is 6.30. The van der Waals surface area contributed by atoms with Crippen LogP contribution in [0.25, 0.3) is 22.3 Å². The topological polar surface area (TPSA) is 83.0 Å². The molecule has 8 heteroatoms. The summed E-state index contributed by atoms with van der Waals surface area (Å²) in [6.07, 6.45) is 1.65. The largest absolute Gasteiger partial charge is 0.369 e. The van der Waals surface area contributed by atoms with Crippen LogP contribution < -0.4 is 0 Å². The van der Waals surface area contributed by atoms with Gasteiger partial charge >= 0.3 is 0 Å². The average Bonchev–Trinajstić information content (AvgIpc) is 2.90. The minimum atomic E-state index is 0.465. The van der Waals surface area contributed by atoms with Crippen LogP contribution in [-0.4, -0.2) is 50.9 Å². The third kappa shape index (κ3) is 2.68. The molecule has 106 valence electrons. The van der Waals surface area contributed by atoms with Crippen LogP contribution in [0.15, 0.2) is 29.3 Å². The zero-order valence-electron chi connectivity index (χ0n) is 11.4. The highest BCUT2D eigenvalue weighted by atomic mass is 35.5. The Hall–Kier alpha value is -2.54. The summed E-state index contributed by atoms with van der Waals surface area (Å²) in [4.78, 5) is 6.13. The van der Waals surface area contributed by atoms with E-state index in [9.17, 15) is 0 Å². The molecule has 0 spiro atoms. The Morgan fingerprint density at radius 2 is 1.95 bits per heavy atom. The van der Waals surface area contributed by atoms with Crippen molar-refractivity contribution >= 4 is 34.8 Å². The lowest BCUT2D eigenvalue weighted by Gasteiger charge is -2.02. The summed E-state index contributed by atoms with van der Waals surface area (Å²) in [5.41, 5.74) is 2.16. The fraction of sp³-hybridized carbons (Fsp3) is 0.154. The van der Waals surface area contributed by atoms with Crippen molar-refractivity contribution in [3.8, 4) is 11.3 Å². The summed E-state index contributed by atoms with van der Waals surface area (Å²) in [5.74, 6) is 0.465. The van der Waals surface area contributed by atoms with E-state index in [4.69, 9.17) is 11.6 Å². The number of fused-ring (bicyclic) bond motifs is 1. The van der Waals surface area contributed by atoms with Crippen LogP contribution in [0.5, 0.6) is 0 Å². The predicted molar refractivity (Wildman–Crippen MR) is 81.8 cm³/mol. The van der Waals surface area contributed by atoms with Crippen LogP contribution in [0.4, 0.5) is 5.82 Å². The van der Waals surface area contributed by atoms with Crippen LogP contribution in [0.3, 0.4) is 0 Å². The molecule has 1 N–H and O–H groups in total. The quantitative estimate of drug-likeness (QED) is 0.593. The second kappa shape index (κ2) is 5.45. The van der Waals surface area contributed by atoms with Crippen molar-refractivity contribution in [1.82, 2.24) is 30.5 Å². The summed E-state index contributed by atoms with van der Waals surface area (Å²) in [5, 5.41) is 20.1. The van der Waals surface area contributed by atoms with Crippen LogP contribution in [0.2, 0.25) is 5.02 Å². The number of nitrogens with one attached hydrogen (secondary N) is 1. The van der Waals surface area contributed by atoms with Crippen molar-refractivity contribution in [3.63, 3.8) is 0 Å². The fourth-order valence-electron chi connectivity index (χ4n) is 1.85. The lowest BCUT2D eigenvalue weighted by Crippen LogP contribution is -2.07. The number of aromatic nitrogens is 5. The van der Waals surface area contributed by atoms with Gasteiger partial charge in [0.15, 0.2) is 11.5 Å². The molecule has 21 heavy (non-hydrogen) atoms. The number of aliphatic imine (C=N–C) groups is 1. The van der Waals surface area contributed by atoms with Crippen molar-refractivity contribution < 1.29 is 0 Å². The first-order valence-electron chi connectivity index (χ1n) is 6.19. The van der Waals surface area contributed by atoms with Gasteiger partial charge in [0.25, 0.3) is 0 Å². The lowest BCUT2D eigenvalue weighted by molar-refractivity contribution is 0.642. The van der Waals surface area contributed by atoms with Crippen LogP contribution in [0, 0.1) is 0 Å². The second-order valence-electron chi connectivity index (χ2n) is 4.62. The molecule has 7 nitrogen and oxygen atoms in total. The Labute approximate surface area is 125 Å². The highest BCUT2D eigenvalue weighted by Gasteiger charge is 2.14. The van der Waals surface area contributed by atoms with Gasteiger partial charge in [-0.15, -0.1) is 10.2 Å². The first-order chi connectivity index (χ1) is 10.1. The molecule has 0 aliphatic heterocycles. The van der Waals surface area contributed by atoms with Gasteiger partial charge in [-0.25, -0.2) is 4.99 Å². The van der Waals surface area contributed by atoms with E-state index in [1.807, 2.05) is 43.3 Å². The van der Waals surface area contributed by atoms with Gasteiger partial charge in [-0.2, -0.15) is 5.10 Å². The molecule has 0 amide bonds. The maximum atomic E-state index is 5.92. The fourth-order valence-corrected chi connectivity index (χ4v) is 1.98. The van der Waals surface area contributed by atoms with Gasteiger partial charge in [-0.3, -0.25) is 5.10 Å². The molecule has 0 atom stereocenters. The minimum absolute atomic E-state index is 0.465. The first kappa shape index (κ1) is 13.4. The Kier molecular flexibility index (Phi) is 3.49. The zero-order chi connectivity index (χ0) is 14.8. The van der Waals surface area contributed by atoms with Crippen molar-refractivity contribution in [2.24, 2.45) is 4.99 Å². The smallest absolute Gasteiger partial charge is 0.191 e. The van der Waals surface area contributed by atoms with E-state index in [0.717, 1.165) is 16.6 Å². The van der Waals surface area contributed by atoms with Gasteiger partial charge in [0.05, 0.1) is 11.7 Å². The van der Waals surface area contributed by atoms with Gasteiger partial charge in [-0.1, -0.05) is 23.7 Å². The van der Waals surface area contributed by atoms with Crippen LogP contribution in [-0.2, 0) is 0 Å². The van der Waals surface area contributed by atoms with Crippen LogP contribution >= 0.6 is 11.6 Å². The highest BCUT2D eigenvalue weighted by Crippen LogP contribution is 2.31. The average molecular weight is 302 g/mol. The number of aromatic amines is 1. The van der Waals surface area contributed by atoms with Gasteiger partial charge in [0, 0.05) is 24.7 Å². The summed E-state index contributed by atoms with van der Waals surface area (Å²) in [6, 6.07) is 7.39. The molecule has 0 unspecified atom stereocenters. The van der Waals surface area contributed by atoms with E-state index in [-0.39, 0.29) is 0 Å². The molecule has 2 heterocycles. The van der Waals surface area contributed by atoms with E-state index in [1.165, 1.54) is 0 Å². The number of benzene rings is 1. The zero-order valence-corrected chi connectivity index (χ0v) is 12.2. The van der Waals surface area contributed by atoms with E-state index in [1.54, 1.807) is 6.34 Å². The number of halogens is 1. The number of nitrogens with zero attached hydrogens (tertiary/aromatic N) is 6. The molecular formula is C13H12ClN7. The van der Waals surface area contributed by atoms with Crippen molar-refractivity contribution in [2.75, 3.05) is 14.1 Å². The molecule has 0 bridgehead atoms. The van der Waals surface area contributed by atoms with Gasteiger partial charge < -0.3 is 4.90 Å². The van der Waals surface area contributed by atoms with E-state index < -0.39 is 0 Å². The van der Waals surface area contributed by atoms with Crippen molar-refractivity contribution in [2.45, 2.75) is 0 Å². The molecule has 0 radical (unpaired) electrons. The molecular weight excluding hydrogens is 290 g/mol. The Balaban J connectivity index is 2.17. The molecule has 0 saturated heterocycles. The summed E-state index contributed by atoms with van der Waals surface area (Å²) in [6.45, 7) is 0. The summed E-state index contributed by atoms with van der Waals surface area (Å²) in [7, 11) is 3.76. The summed E-state index contributed by atoms with van der Waals surface area (Å²) < 4.78 is 0. The van der Waals surface area contributed by atoms with Gasteiger partial charge in [0.1, 0.15) is 5.69 Å². The third-order valence-corrected chi connectivity index (χ3v) is 3.04. The third-order valence-electron chi connectivity index (χ3n) is 2.78. The summed E-state index contributed by atoms with van der Waals surface area (Å²) >= 11 is 5.92. The SMILES string of the molecule is CN(C)/C=N/c1nnnc2[nH]nc(-c3ccc(Cl)cc3)c12. The van der Waals surface area contributed by atoms with Gasteiger partial charge in [-0.05, 0) is 17.3 Å². The van der Waals surface area contributed by atoms with Crippen molar-refractivity contribution in [3.05, 3.63) is 29.3 Å². The van der Waals surface area contributed by atoms with Crippen LogP contribution in [0.1, 0.15) is 0 Å². The number of hydrogen-bond acceptors (Lipinski definition) is 5. The number of H-pyrrole nitrogens is 1. The maximum absolute atomic E-state index is 5.92. The van der Waals surface area contributed by atoms with E-state index in [0.29, 0.717) is 16.5 Å². The molecule has 3 rings (SSSR count). The van der Waals surface area contributed by atoms with E-state index >= 15 is 0 Å². The molecule has 3 aromatic rings. The standard InChI is InChI=1S/C13H12ClN7/c1-21(2)7-15-12-10-11(8-3-5-9(14)6-4-8)16-17-13(10)19-20-18-12/h3-7H,1-2H3,(H,16,17,18,19)/b15-7+. The van der Waals surface area contributed by atoms with Crippen molar-refractivity contribution in [1.29, 1.82) is 0 Å². The molecule has 0 aliphatic rings. The maximum Gasteiger partial charge on any atom is 0.191 e. The molecule has 0 saturated carbocycles. The molecule has 0 aliphatic carbocycles. The number of rotatable bonds is 3. The monoisotopic (exact) mass is 301 g/mol. The Morgan fingerprint density at radius 1 is 1.19 bits per heavy atom. The molecule has 1 aromatic carbocycles. The molecule has 0 fully saturated rings. The molecule has 2 aromatic heterocycles. The lowest BCUT2D eigenvalue weighted by atomic mass is 10.1. The Morgan fingerprint density at radius 3 is 2.67 bits per heavy atom. The predicted octanol–water partition coefficient (Wildman–Crippen LogP) is 2.29. The van der Waals surface area contributed by atoms with E-state index in [2.05, 4.69) is 30.6 Å². The minimum Gasteiger partial charge on any atom is -0.369 e.